The fourth-order valence-electron chi connectivity index (χ4n) is 2.18. The Hall–Kier alpha value is -1.02. The third-order valence-electron chi connectivity index (χ3n) is 3.08. The van der Waals surface area contributed by atoms with Crippen molar-refractivity contribution in [1.82, 2.24) is 4.90 Å². The van der Waals surface area contributed by atoms with Crippen LogP contribution < -0.4 is 5.32 Å². The van der Waals surface area contributed by atoms with E-state index in [9.17, 15) is 0 Å². The molecular formula is C16H28N2. The highest BCUT2D eigenvalue weighted by Gasteiger charge is 2.03. The van der Waals surface area contributed by atoms with Crippen molar-refractivity contribution in [2.75, 3.05) is 19.4 Å². The van der Waals surface area contributed by atoms with Crippen LogP contribution in [0.25, 0.3) is 0 Å². The summed E-state index contributed by atoms with van der Waals surface area (Å²) in [5.41, 5.74) is 2.61. The van der Waals surface area contributed by atoms with Crippen molar-refractivity contribution < 1.29 is 0 Å². The van der Waals surface area contributed by atoms with Gasteiger partial charge in [0.2, 0.25) is 0 Å². The lowest BCUT2D eigenvalue weighted by Crippen LogP contribution is -2.15. The minimum absolute atomic E-state index is 0.561. The number of unbranched alkanes of at least 4 members (excludes halogenated alkanes) is 2. The van der Waals surface area contributed by atoms with Crippen LogP contribution in [-0.2, 0) is 6.54 Å². The van der Waals surface area contributed by atoms with Gasteiger partial charge in [0.25, 0.3) is 0 Å². The molecule has 18 heavy (non-hydrogen) atoms. The Morgan fingerprint density at radius 2 is 2.00 bits per heavy atom. The lowest BCUT2D eigenvalue weighted by atomic mass is 10.1. The predicted octanol–water partition coefficient (Wildman–Crippen LogP) is 4.13. The number of hydrogen-bond acceptors (Lipinski definition) is 2. The number of rotatable bonds is 8. The molecule has 0 saturated carbocycles. The third kappa shape index (κ3) is 6.06. The topological polar surface area (TPSA) is 15.3 Å². The summed E-state index contributed by atoms with van der Waals surface area (Å²) < 4.78 is 0. The summed E-state index contributed by atoms with van der Waals surface area (Å²) in [4.78, 5) is 2.20. The van der Waals surface area contributed by atoms with Crippen molar-refractivity contribution in [3.05, 3.63) is 29.8 Å². The van der Waals surface area contributed by atoms with Crippen molar-refractivity contribution in [1.29, 1.82) is 0 Å². The first-order chi connectivity index (χ1) is 8.61. The molecule has 0 spiro atoms. The molecule has 0 aromatic heterocycles. The molecule has 0 radical (unpaired) electrons. The molecular weight excluding hydrogens is 220 g/mol. The molecule has 0 bridgehead atoms. The van der Waals surface area contributed by atoms with Gasteiger partial charge < -0.3 is 10.2 Å². The second-order valence-corrected chi connectivity index (χ2v) is 5.48. The van der Waals surface area contributed by atoms with Gasteiger partial charge in [-0.05, 0) is 45.1 Å². The largest absolute Gasteiger partial charge is 0.383 e. The molecule has 1 rings (SSSR count). The molecule has 1 aromatic carbocycles. The van der Waals surface area contributed by atoms with Crippen LogP contribution in [0.3, 0.4) is 0 Å². The SMILES string of the molecule is CCCCCC(C)Nc1cccc(CN(C)C)c1. The Kier molecular flexibility index (Phi) is 6.81. The van der Waals surface area contributed by atoms with Gasteiger partial charge in [-0.25, -0.2) is 0 Å². The highest BCUT2D eigenvalue weighted by Crippen LogP contribution is 2.15. The Balaban J connectivity index is 2.45. The first kappa shape index (κ1) is 15.0. The quantitative estimate of drug-likeness (QED) is 0.696. The van der Waals surface area contributed by atoms with E-state index in [1.54, 1.807) is 0 Å². The molecule has 0 heterocycles. The predicted molar refractivity (Wildman–Crippen MR) is 81.1 cm³/mol. The normalized spacial score (nSPS) is 12.7. The van der Waals surface area contributed by atoms with Crippen LogP contribution in [0.4, 0.5) is 5.69 Å². The van der Waals surface area contributed by atoms with E-state index in [1.807, 2.05) is 0 Å². The van der Waals surface area contributed by atoms with Crippen molar-refractivity contribution >= 4 is 5.69 Å². The average molecular weight is 248 g/mol. The fourth-order valence-corrected chi connectivity index (χ4v) is 2.18. The first-order valence-corrected chi connectivity index (χ1v) is 7.12. The van der Waals surface area contributed by atoms with E-state index >= 15 is 0 Å². The zero-order valence-electron chi connectivity index (χ0n) is 12.4. The molecule has 0 aliphatic rings. The van der Waals surface area contributed by atoms with Gasteiger partial charge in [-0.3, -0.25) is 0 Å². The Labute approximate surface area is 112 Å². The summed E-state index contributed by atoms with van der Waals surface area (Å²) in [5.74, 6) is 0. The van der Waals surface area contributed by atoms with Gasteiger partial charge in [0.1, 0.15) is 0 Å². The van der Waals surface area contributed by atoms with E-state index in [1.165, 1.54) is 36.9 Å². The molecule has 0 saturated heterocycles. The van der Waals surface area contributed by atoms with Crippen molar-refractivity contribution in [3.63, 3.8) is 0 Å². The van der Waals surface area contributed by atoms with Gasteiger partial charge in [0.05, 0.1) is 0 Å². The molecule has 1 N–H and O–H groups in total. The summed E-state index contributed by atoms with van der Waals surface area (Å²) in [6.07, 6.45) is 5.21. The zero-order valence-corrected chi connectivity index (χ0v) is 12.4. The molecule has 2 heteroatoms. The molecule has 0 fully saturated rings. The molecule has 1 aromatic rings. The lowest BCUT2D eigenvalue weighted by Gasteiger charge is -2.16. The summed E-state index contributed by atoms with van der Waals surface area (Å²) in [5, 5.41) is 3.60. The molecule has 2 nitrogen and oxygen atoms in total. The van der Waals surface area contributed by atoms with Crippen LogP contribution >= 0.6 is 0 Å². The van der Waals surface area contributed by atoms with Gasteiger partial charge >= 0.3 is 0 Å². The van der Waals surface area contributed by atoms with Crippen molar-refractivity contribution in [2.45, 2.75) is 52.1 Å². The third-order valence-corrected chi connectivity index (χ3v) is 3.08. The molecule has 1 atom stereocenters. The van der Waals surface area contributed by atoms with Crippen LogP contribution in [0.5, 0.6) is 0 Å². The van der Waals surface area contributed by atoms with Gasteiger partial charge in [-0.2, -0.15) is 0 Å². The summed E-state index contributed by atoms with van der Waals surface area (Å²) in [6.45, 7) is 5.52. The number of hydrogen-bond donors (Lipinski definition) is 1. The van der Waals surface area contributed by atoms with E-state index in [0.717, 1.165) is 6.54 Å². The lowest BCUT2D eigenvalue weighted by molar-refractivity contribution is 0.402. The molecule has 0 amide bonds. The number of benzene rings is 1. The van der Waals surface area contributed by atoms with E-state index < -0.39 is 0 Å². The maximum Gasteiger partial charge on any atom is 0.0345 e. The second kappa shape index (κ2) is 8.15. The van der Waals surface area contributed by atoms with Crippen molar-refractivity contribution in [2.24, 2.45) is 0 Å². The second-order valence-electron chi connectivity index (χ2n) is 5.48. The minimum atomic E-state index is 0.561. The van der Waals surface area contributed by atoms with Crippen LogP contribution in [0.1, 0.15) is 45.1 Å². The fraction of sp³-hybridized carbons (Fsp3) is 0.625. The highest BCUT2D eigenvalue weighted by molar-refractivity contribution is 5.46. The smallest absolute Gasteiger partial charge is 0.0345 e. The zero-order chi connectivity index (χ0) is 13.4. The van der Waals surface area contributed by atoms with Crippen LogP contribution in [-0.4, -0.2) is 25.0 Å². The van der Waals surface area contributed by atoms with Crippen LogP contribution in [0.15, 0.2) is 24.3 Å². The maximum atomic E-state index is 3.60. The van der Waals surface area contributed by atoms with E-state index in [-0.39, 0.29) is 0 Å². The molecule has 1 unspecified atom stereocenters. The first-order valence-electron chi connectivity index (χ1n) is 7.12. The number of nitrogens with zero attached hydrogens (tertiary/aromatic N) is 1. The van der Waals surface area contributed by atoms with Crippen LogP contribution in [0, 0.1) is 0 Å². The number of anilines is 1. The average Bonchev–Trinajstić information content (AvgIpc) is 2.28. The Morgan fingerprint density at radius 3 is 2.67 bits per heavy atom. The van der Waals surface area contributed by atoms with Gasteiger partial charge in [0.15, 0.2) is 0 Å². The Morgan fingerprint density at radius 1 is 1.22 bits per heavy atom. The summed E-state index contributed by atoms with van der Waals surface area (Å²) >= 11 is 0. The monoisotopic (exact) mass is 248 g/mol. The van der Waals surface area contributed by atoms with E-state index in [0.29, 0.717) is 6.04 Å². The van der Waals surface area contributed by atoms with E-state index in [2.05, 4.69) is 62.4 Å². The molecule has 0 aliphatic heterocycles. The molecule has 0 aliphatic carbocycles. The minimum Gasteiger partial charge on any atom is -0.383 e. The van der Waals surface area contributed by atoms with E-state index in [4.69, 9.17) is 0 Å². The number of nitrogens with one attached hydrogen (secondary N) is 1. The Bertz CT molecular complexity index is 334. The summed E-state index contributed by atoms with van der Waals surface area (Å²) in [6, 6.07) is 9.31. The summed E-state index contributed by atoms with van der Waals surface area (Å²) in [7, 11) is 4.21. The van der Waals surface area contributed by atoms with Crippen molar-refractivity contribution in [3.8, 4) is 0 Å². The van der Waals surface area contributed by atoms with Gasteiger partial charge in [0, 0.05) is 18.3 Å². The molecule has 102 valence electrons. The maximum absolute atomic E-state index is 3.60. The standard InChI is InChI=1S/C16H28N2/c1-5-6-7-9-14(2)17-16-11-8-10-15(12-16)13-18(3)4/h8,10-12,14,17H,5-7,9,13H2,1-4H3. The van der Waals surface area contributed by atoms with Crippen LogP contribution in [0.2, 0.25) is 0 Å². The van der Waals surface area contributed by atoms with Gasteiger partial charge in [-0.1, -0.05) is 38.3 Å². The highest BCUT2D eigenvalue weighted by atomic mass is 15.0. The van der Waals surface area contributed by atoms with Gasteiger partial charge in [-0.15, -0.1) is 0 Å².